The molecule has 0 aliphatic heterocycles. The van der Waals surface area contributed by atoms with E-state index in [4.69, 9.17) is 21.4 Å². The lowest BCUT2D eigenvalue weighted by atomic mass is 10.4. The van der Waals surface area contributed by atoms with Gasteiger partial charge in [0, 0.05) is 14.2 Å². The van der Waals surface area contributed by atoms with E-state index in [0.717, 1.165) is 0 Å². The van der Waals surface area contributed by atoms with Crippen LogP contribution in [0.3, 0.4) is 0 Å². The molecule has 12 heteroatoms. The normalized spacial score (nSPS) is 12.2. The van der Waals surface area contributed by atoms with E-state index in [1.165, 1.54) is 31.3 Å². The zero-order valence-electron chi connectivity index (χ0n) is 9.43. The molecule has 0 aliphatic carbocycles. The highest BCUT2D eigenvalue weighted by molar-refractivity contribution is 7.89. The fourth-order valence-electron chi connectivity index (χ4n) is 0.791. The highest BCUT2D eigenvalue weighted by atomic mass is 35.5. The summed E-state index contributed by atoms with van der Waals surface area (Å²) in [5.41, 5.74) is 0. The Labute approximate surface area is 116 Å². The monoisotopic (exact) mass is 349 g/mol. The van der Waals surface area contributed by atoms with Crippen LogP contribution in [0.5, 0.6) is 0 Å². The van der Waals surface area contributed by atoms with Gasteiger partial charge in [-0.15, -0.1) is 9.79 Å². The van der Waals surface area contributed by atoms with Crippen LogP contribution >= 0.6 is 28.1 Å². The maximum atomic E-state index is 11.2. The third kappa shape index (κ3) is 8.30. The topological polar surface area (TPSA) is 130 Å². The van der Waals surface area contributed by atoms with Gasteiger partial charge in [0.25, 0.3) is 0 Å². The fourth-order valence-corrected chi connectivity index (χ4v) is 2.13. The van der Waals surface area contributed by atoms with Gasteiger partial charge in [0.2, 0.25) is 10.0 Å². The van der Waals surface area contributed by atoms with Crippen LogP contribution in [0.4, 0.5) is 0 Å². The van der Waals surface area contributed by atoms with Gasteiger partial charge in [0.05, 0.1) is 4.90 Å². The SMILES string of the molecule is CNS(=O)(=O)c1ccc(Cl)cc1.O=[P+](O)O[P+](=O)O. The van der Waals surface area contributed by atoms with E-state index >= 15 is 0 Å². The Morgan fingerprint density at radius 2 is 1.58 bits per heavy atom. The van der Waals surface area contributed by atoms with Crippen molar-refractivity contribution in [3.05, 3.63) is 29.3 Å². The fraction of sp³-hybridized carbons (Fsp3) is 0.143. The molecule has 19 heavy (non-hydrogen) atoms. The van der Waals surface area contributed by atoms with Crippen molar-refractivity contribution >= 4 is 38.1 Å². The van der Waals surface area contributed by atoms with Crippen molar-refractivity contribution < 1.29 is 31.6 Å². The standard InChI is InChI=1S/C7H8ClNO2S.O5P2/c1-9-12(10,11)7-4-2-6(8)3-5-7;1-6(2)5-7(3)4/h2-5,9H,1H3;/p+2. The largest absolute Gasteiger partial charge is 0.745 e. The molecule has 0 fully saturated rings. The van der Waals surface area contributed by atoms with Crippen LogP contribution in [0.25, 0.3) is 0 Å². The lowest BCUT2D eigenvalue weighted by Gasteiger charge is -2.00. The highest BCUT2D eigenvalue weighted by Crippen LogP contribution is 2.30. The molecule has 1 rings (SSSR count). The predicted octanol–water partition coefficient (Wildman–Crippen LogP) is 1.55. The minimum atomic E-state index is -3.32. The number of rotatable bonds is 4. The molecule has 1 aromatic rings. The molecule has 0 spiro atoms. The number of benzene rings is 1. The first-order valence-electron chi connectivity index (χ1n) is 4.38. The first-order chi connectivity index (χ1) is 8.69. The molecule has 2 unspecified atom stereocenters. The maximum Gasteiger partial charge on any atom is 0.745 e. The molecular weight excluding hydrogens is 340 g/mol. The summed E-state index contributed by atoms with van der Waals surface area (Å²) in [6.45, 7) is 0. The molecule has 0 radical (unpaired) electrons. The van der Waals surface area contributed by atoms with E-state index in [0.29, 0.717) is 5.02 Å². The quantitative estimate of drug-likeness (QED) is 0.703. The van der Waals surface area contributed by atoms with Gasteiger partial charge in [-0.1, -0.05) is 11.6 Å². The second-order valence-electron chi connectivity index (χ2n) is 2.72. The zero-order valence-corrected chi connectivity index (χ0v) is 12.8. The van der Waals surface area contributed by atoms with Gasteiger partial charge in [-0.2, -0.15) is 0 Å². The molecule has 2 atom stereocenters. The second-order valence-corrected chi connectivity index (χ2v) is 6.65. The molecule has 106 valence electrons. The van der Waals surface area contributed by atoms with E-state index in [1.54, 1.807) is 0 Å². The van der Waals surface area contributed by atoms with Gasteiger partial charge < -0.3 is 0 Å². The first-order valence-corrected chi connectivity index (χ1v) is 8.50. The lowest BCUT2D eigenvalue weighted by Crippen LogP contribution is -2.18. The number of nitrogens with one attached hydrogen (secondary N) is 1. The summed E-state index contributed by atoms with van der Waals surface area (Å²) in [6, 6.07) is 5.97. The van der Waals surface area contributed by atoms with Crippen molar-refractivity contribution in [1.29, 1.82) is 0 Å². The van der Waals surface area contributed by atoms with Crippen molar-refractivity contribution in [3.8, 4) is 0 Å². The van der Waals surface area contributed by atoms with Crippen LogP contribution in [-0.2, 0) is 23.5 Å². The Morgan fingerprint density at radius 1 is 1.16 bits per heavy atom. The third-order valence-electron chi connectivity index (χ3n) is 1.53. The zero-order chi connectivity index (χ0) is 15.1. The van der Waals surface area contributed by atoms with E-state index in [9.17, 15) is 17.5 Å². The average Bonchev–Trinajstić information content (AvgIpc) is 2.28. The number of hydrogen-bond donors (Lipinski definition) is 3. The van der Waals surface area contributed by atoms with Gasteiger partial charge in [0.15, 0.2) is 4.31 Å². The van der Waals surface area contributed by atoms with Crippen LogP contribution in [0.1, 0.15) is 0 Å². The molecule has 0 aliphatic rings. The molecule has 0 saturated carbocycles. The molecule has 0 bridgehead atoms. The van der Waals surface area contributed by atoms with E-state index < -0.39 is 26.5 Å². The molecule has 0 aromatic heterocycles. The number of halogens is 1. The molecule has 0 saturated heterocycles. The summed E-state index contributed by atoms with van der Waals surface area (Å²) in [5, 5.41) is 0.519. The Bertz CT molecular complexity index is 535. The number of sulfonamides is 1. The van der Waals surface area contributed by atoms with Crippen LogP contribution in [0.2, 0.25) is 5.02 Å². The van der Waals surface area contributed by atoms with E-state index in [2.05, 4.69) is 9.03 Å². The van der Waals surface area contributed by atoms with Crippen molar-refractivity contribution in [1.82, 2.24) is 4.72 Å². The summed E-state index contributed by atoms with van der Waals surface area (Å²) >= 11 is 5.59. The molecule has 3 N–H and O–H groups in total. The Morgan fingerprint density at radius 3 is 1.84 bits per heavy atom. The van der Waals surface area contributed by atoms with Gasteiger partial charge in [-0.05, 0) is 31.3 Å². The molecule has 0 amide bonds. The maximum absolute atomic E-state index is 11.2. The summed E-state index contributed by atoms with van der Waals surface area (Å²) < 4.78 is 46.7. The van der Waals surface area contributed by atoms with Gasteiger partial charge >= 0.3 is 16.5 Å². The third-order valence-corrected chi connectivity index (χ3v) is 4.33. The highest BCUT2D eigenvalue weighted by Gasteiger charge is 2.31. The Hall–Kier alpha value is -0.500. The van der Waals surface area contributed by atoms with Gasteiger partial charge in [-0.25, -0.2) is 13.1 Å². The van der Waals surface area contributed by atoms with E-state index in [1.807, 2.05) is 0 Å². The van der Waals surface area contributed by atoms with Crippen molar-refractivity contribution in [3.63, 3.8) is 0 Å². The summed E-state index contributed by atoms with van der Waals surface area (Å²) in [7, 11) is -7.81. The summed E-state index contributed by atoms with van der Waals surface area (Å²) in [6.07, 6.45) is 0. The lowest BCUT2D eigenvalue weighted by molar-refractivity contribution is 0.371. The Balaban J connectivity index is 0.000000399. The summed E-state index contributed by atoms with van der Waals surface area (Å²) in [4.78, 5) is 15.5. The average molecular weight is 350 g/mol. The minimum absolute atomic E-state index is 0.217. The second kappa shape index (κ2) is 8.63. The molecule has 0 heterocycles. The van der Waals surface area contributed by atoms with E-state index in [-0.39, 0.29) is 4.90 Å². The Kier molecular flexibility index (Phi) is 8.40. The van der Waals surface area contributed by atoms with Crippen molar-refractivity contribution in [2.45, 2.75) is 4.90 Å². The van der Waals surface area contributed by atoms with Gasteiger partial charge in [0.1, 0.15) is 0 Å². The molecular formula is C7H10ClNO7P2S+2. The molecule has 8 nitrogen and oxygen atoms in total. The van der Waals surface area contributed by atoms with Crippen LogP contribution in [0, 0.1) is 0 Å². The first kappa shape index (κ1) is 18.5. The smallest absolute Gasteiger partial charge is 0.214 e. The minimum Gasteiger partial charge on any atom is -0.214 e. The van der Waals surface area contributed by atoms with Crippen LogP contribution in [0.15, 0.2) is 29.2 Å². The predicted molar refractivity (Wildman–Crippen MR) is 68.4 cm³/mol. The van der Waals surface area contributed by atoms with Crippen LogP contribution in [-0.4, -0.2) is 25.3 Å². The van der Waals surface area contributed by atoms with Crippen LogP contribution < -0.4 is 4.72 Å². The summed E-state index contributed by atoms with van der Waals surface area (Å²) in [5.74, 6) is 0. The van der Waals surface area contributed by atoms with Crippen molar-refractivity contribution in [2.24, 2.45) is 0 Å². The van der Waals surface area contributed by atoms with Crippen molar-refractivity contribution in [2.75, 3.05) is 7.05 Å². The molecule has 1 aromatic carbocycles. The number of hydrogen-bond acceptors (Lipinski definition) is 5. The van der Waals surface area contributed by atoms with Gasteiger partial charge in [-0.3, -0.25) is 0 Å².